The van der Waals surface area contributed by atoms with Gasteiger partial charge in [0, 0.05) is 11.4 Å². The average Bonchev–Trinajstić information content (AvgIpc) is 2.90. The fourth-order valence-corrected chi connectivity index (χ4v) is 3.07. The van der Waals surface area contributed by atoms with Gasteiger partial charge < -0.3 is 10.1 Å². The summed E-state index contributed by atoms with van der Waals surface area (Å²) in [5, 5.41) is 4.20. The van der Waals surface area contributed by atoms with Crippen molar-refractivity contribution >= 4 is 17.3 Å². The van der Waals surface area contributed by atoms with Crippen molar-refractivity contribution in [3.8, 4) is 0 Å². The molecule has 0 aliphatic carbocycles. The first-order chi connectivity index (χ1) is 11.1. The van der Waals surface area contributed by atoms with E-state index in [-0.39, 0.29) is 11.8 Å². The zero-order chi connectivity index (χ0) is 16.7. The summed E-state index contributed by atoms with van der Waals surface area (Å²) in [6.45, 7) is 5.48. The van der Waals surface area contributed by atoms with E-state index in [1.54, 1.807) is 6.92 Å². The van der Waals surface area contributed by atoms with Gasteiger partial charge in [-0.2, -0.15) is 0 Å². The standard InChI is InChI=1S/C17H21FN2O2S/c1-3-22-17(21)16-12(2)23-15(20-16)11-19-10-4-5-13-6-8-14(18)9-7-13/h6-9,19H,3-5,10-11H2,1-2H3. The van der Waals surface area contributed by atoms with Gasteiger partial charge >= 0.3 is 5.97 Å². The van der Waals surface area contributed by atoms with E-state index in [0.717, 1.165) is 34.8 Å². The Bertz CT molecular complexity index is 641. The van der Waals surface area contributed by atoms with Gasteiger partial charge in [-0.3, -0.25) is 0 Å². The fourth-order valence-electron chi connectivity index (χ4n) is 2.18. The van der Waals surface area contributed by atoms with E-state index in [4.69, 9.17) is 4.74 Å². The zero-order valence-corrected chi connectivity index (χ0v) is 14.2. The Morgan fingerprint density at radius 2 is 2.09 bits per heavy atom. The van der Waals surface area contributed by atoms with Gasteiger partial charge in [-0.15, -0.1) is 11.3 Å². The Morgan fingerprint density at radius 1 is 1.35 bits per heavy atom. The molecule has 0 spiro atoms. The van der Waals surface area contributed by atoms with Crippen LogP contribution in [-0.4, -0.2) is 24.1 Å². The van der Waals surface area contributed by atoms with Crippen LogP contribution >= 0.6 is 11.3 Å². The number of esters is 1. The Morgan fingerprint density at radius 3 is 2.78 bits per heavy atom. The second kappa shape index (κ2) is 8.74. The van der Waals surface area contributed by atoms with E-state index in [2.05, 4.69) is 10.3 Å². The topological polar surface area (TPSA) is 51.2 Å². The monoisotopic (exact) mass is 336 g/mol. The lowest BCUT2D eigenvalue weighted by atomic mass is 10.1. The summed E-state index contributed by atoms with van der Waals surface area (Å²) in [6.07, 6.45) is 1.86. The summed E-state index contributed by atoms with van der Waals surface area (Å²) < 4.78 is 17.8. The molecular formula is C17H21FN2O2S. The number of carbonyl (C=O) groups excluding carboxylic acids is 1. The van der Waals surface area contributed by atoms with Gasteiger partial charge in [-0.25, -0.2) is 14.2 Å². The molecule has 1 N–H and O–H groups in total. The van der Waals surface area contributed by atoms with Crippen molar-refractivity contribution in [3.05, 3.63) is 51.2 Å². The first kappa shape index (κ1) is 17.6. The van der Waals surface area contributed by atoms with E-state index in [0.29, 0.717) is 18.8 Å². The Hall–Kier alpha value is -1.79. The number of halogens is 1. The number of hydrogen-bond donors (Lipinski definition) is 1. The number of nitrogens with zero attached hydrogens (tertiary/aromatic N) is 1. The van der Waals surface area contributed by atoms with Gasteiger partial charge in [0.25, 0.3) is 0 Å². The van der Waals surface area contributed by atoms with Crippen LogP contribution in [0.3, 0.4) is 0 Å². The lowest BCUT2D eigenvalue weighted by molar-refractivity contribution is 0.0519. The largest absolute Gasteiger partial charge is 0.461 e. The number of carbonyl (C=O) groups is 1. The minimum atomic E-state index is -0.358. The zero-order valence-electron chi connectivity index (χ0n) is 13.4. The van der Waals surface area contributed by atoms with Crippen LogP contribution in [0.5, 0.6) is 0 Å². The quantitative estimate of drug-likeness (QED) is 0.592. The van der Waals surface area contributed by atoms with Crippen molar-refractivity contribution in [2.75, 3.05) is 13.2 Å². The number of hydrogen-bond acceptors (Lipinski definition) is 5. The fraction of sp³-hybridized carbons (Fsp3) is 0.412. The normalized spacial score (nSPS) is 10.7. The number of nitrogens with one attached hydrogen (secondary N) is 1. The number of aryl methyl sites for hydroxylation is 2. The summed E-state index contributed by atoms with van der Waals surface area (Å²) in [5.41, 5.74) is 1.54. The molecule has 0 bridgehead atoms. The molecule has 0 aliphatic heterocycles. The molecule has 0 radical (unpaired) electrons. The molecule has 0 saturated heterocycles. The third-order valence-electron chi connectivity index (χ3n) is 3.32. The number of benzene rings is 1. The molecule has 2 aromatic rings. The van der Waals surface area contributed by atoms with Gasteiger partial charge in [-0.05, 0) is 50.9 Å². The number of rotatable bonds is 8. The average molecular weight is 336 g/mol. The highest BCUT2D eigenvalue weighted by Gasteiger charge is 2.15. The predicted octanol–water partition coefficient (Wildman–Crippen LogP) is 3.49. The molecule has 0 amide bonds. The highest BCUT2D eigenvalue weighted by Crippen LogP contribution is 2.18. The van der Waals surface area contributed by atoms with Gasteiger partial charge in [0.15, 0.2) is 5.69 Å². The van der Waals surface area contributed by atoms with Gasteiger partial charge in [0.2, 0.25) is 0 Å². The lowest BCUT2D eigenvalue weighted by Gasteiger charge is -2.03. The molecule has 0 atom stereocenters. The minimum absolute atomic E-state index is 0.205. The predicted molar refractivity (Wildman–Crippen MR) is 89.2 cm³/mol. The van der Waals surface area contributed by atoms with E-state index in [1.165, 1.54) is 23.5 Å². The summed E-state index contributed by atoms with van der Waals surface area (Å²) in [5.74, 6) is -0.563. The summed E-state index contributed by atoms with van der Waals surface area (Å²) >= 11 is 1.51. The number of thiazole rings is 1. The van der Waals surface area contributed by atoms with Crippen molar-refractivity contribution < 1.29 is 13.9 Å². The number of ether oxygens (including phenoxy) is 1. The maximum absolute atomic E-state index is 12.8. The maximum Gasteiger partial charge on any atom is 0.358 e. The van der Waals surface area contributed by atoms with Crippen molar-refractivity contribution in [2.45, 2.75) is 33.2 Å². The highest BCUT2D eigenvalue weighted by atomic mass is 32.1. The van der Waals surface area contributed by atoms with E-state index < -0.39 is 0 Å². The van der Waals surface area contributed by atoms with Crippen LogP contribution in [-0.2, 0) is 17.7 Å². The molecule has 4 nitrogen and oxygen atoms in total. The van der Waals surface area contributed by atoms with Crippen LogP contribution in [0.25, 0.3) is 0 Å². The van der Waals surface area contributed by atoms with Crippen molar-refractivity contribution in [3.63, 3.8) is 0 Å². The SMILES string of the molecule is CCOC(=O)c1nc(CNCCCc2ccc(F)cc2)sc1C. The Labute approximate surface area is 139 Å². The van der Waals surface area contributed by atoms with Crippen LogP contribution < -0.4 is 5.32 Å². The molecule has 0 saturated carbocycles. The molecule has 0 aliphatic rings. The maximum atomic E-state index is 12.8. The van der Waals surface area contributed by atoms with Crippen LogP contribution in [0.2, 0.25) is 0 Å². The molecule has 1 aromatic carbocycles. The lowest BCUT2D eigenvalue weighted by Crippen LogP contribution is -2.15. The van der Waals surface area contributed by atoms with Crippen LogP contribution in [0.4, 0.5) is 4.39 Å². The first-order valence-electron chi connectivity index (χ1n) is 7.68. The third kappa shape index (κ3) is 5.41. The summed E-state index contributed by atoms with van der Waals surface area (Å²) in [4.78, 5) is 16.9. The molecule has 1 aromatic heterocycles. The molecule has 1 heterocycles. The summed E-state index contributed by atoms with van der Waals surface area (Å²) in [6, 6.07) is 6.59. The van der Waals surface area contributed by atoms with Crippen LogP contribution in [0, 0.1) is 12.7 Å². The third-order valence-corrected chi connectivity index (χ3v) is 4.29. The highest BCUT2D eigenvalue weighted by molar-refractivity contribution is 7.11. The van der Waals surface area contributed by atoms with Gasteiger partial charge in [0.1, 0.15) is 10.8 Å². The van der Waals surface area contributed by atoms with Crippen LogP contribution in [0.1, 0.15) is 39.3 Å². The first-order valence-corrected chi connectivity index (χ1v) is 8.50. The van der Waals surface area contributed by atoms with E-state index in [9.17, 15) is 9.18 Å². The number of aromatic nitrogens is 1. The molecule has 23 heavy (non-hydrogen) atoms. The van der Waals surface area contributed by atoms with Crippen molar-refractivity contribution in [1.29, 1.82) is 0 Å². The Balaban J connectivity index is 1.73. The molecule has 0 fully saturated rings. The molecule has 6 heteroatoms. The molecule has 124 valence electrons. The summed E-state index contributed by atoms with van der Waals surface area (Å²) in [7, 11) is 0. The van der Waals surface area contributed by atoms with Gasteiger partial charge in [-0.1, -0.05) is 12.1 Å². The second-order valence-corrected chi connectivity index (χ2v) is 6.43. The van der Waals surface area contributed by atoms with Crippen molar-refractivity contribution in [2.24, 2.45) is 0 Å². The molecule has 2 rings (SSSR count). The molecule has 0 unspecified atom stereocenters. The van der Waals surface area contributed by atoms with Crippen molar-refractivity contribution in [1.82, 2.24) is 10.3 Å². The van der Waals surface area contributed by atoms with Crippen LogP contribution in [0.15, 0.2) is 24.3 Å². The van der Waals surface area contributed by atoms with Gasteiger partial charge in [0.05, 0.1) is 6.61 Å². The van der Waals surface area contributed by atoms with E-state index in [1.807, 2.05) is 19.1 Å². The second-order valence-electron chi connectivity index (χ2n) is 5.14. The van der Waals surface area contributed by atoms with E-state index >= 15 is 0 Å². The Kier molecular flexibility index (Phi) is 6.67. The smallest absolute Gasteiger partial charge is 0.358 e. The minimum Gasteiger partial charge on any atom is -0.461 e. The molecular weight excluding hydrogens is 315 g/mol.